The Labute approximate surface area is 93.4 Å². The van der Waals surface area contributed by atoms with E-state index in [4.69, 9.17) is 4.74 Å². The number of hydrogen-bond acceptors (Lipinski definition) is 4. The van der Waals surface area contributed by atoms with E-state index in [1.807, 2.05) is 0 Å². The van der Waals surface area contributed by atoms with Gasteiger partial charge in [-0.2, -0.15) is 5.10 Å². The van der Waals surface area contributed by atoms with Crippen LogP contribution in [0.1, 0.15) is 6.42 Å². The van der Waals surface area contributed by atoms with Gasteiger partial charge in [0.2, 0.25) is 5.91 Å². The average molecular weight is 225 g/mol. The fourth-order valence-electron chi connectivity index (χ4n) is 1.74. The van der Waals surface area contributed by atoms with Gasteiger partial charge in [-0.25, -0.2) is 0 Å². The smallest absolute Gasteiger partial charge is 0.229 e. The molecule has 6 heteroatoms. The number of anilines is 1. The second-order valence-corrected chi connectivity index (χ2v) is 3.82. The summed E-state index contributed by atoms with van der Waals surface area (Å²) < 4.78 is 6.66. The first kappa shape index (κ1) is 11.1. The molecule has 1 saturated heterocycles. The Hall–Kier alpha value is -1.40. The zero-order valence-corrected chi connectivity index (χ0v) is 9.17. The Kier molecular flexibility index (Phi) is 3.21. The highest BCUT2D eigenvalue weighted by molar-refractivity contribution is 5.95. The highest BCUT2D eigenvalue weighted by Crippen LogP contribution is 2.20. The van der Waals surface area contributed by atoms with Crippen LogP contribution in [0.15, 0.2) is 12.4 Å². The zero-order chi connectivity index (χ0) is 11.5. The third-order valence-electron chi connectivity index (χ3n) is 2.56. The summed E-state index contributed by atoms with van der Waals surface area (Å²) in [5, 5.41) is 13.5. The largest absolute Gasteiger partial charge is 0.391 e. The first-order valence-electron chi connectivity index (χ1n) is 5.20. The van der Waals surface area contributed by atoms with Crippen LogP contribution in [0.2, 0.25) is 0 Å². The summed E-state index contributed by atoms with van der Waals surface area (Å²) in [6.45, 7) is 1.59. The predicted molar refractivity (Wildman–Crippen MR) is 57.1 cm³/mol. The highest BCUT2D eigenvalue weighted by Gasteiger charge is 2.29. The number of methoxy groups -OCH3 is 1. The summed E-state index contributed by atoms with van der Waals surface area (Å²) in [4.78, 5) is 13.1. The van der Waals surface area contributed by atoms with Crippen LogP contribution in [-0.2, 0) is 16.1 Å². The number of hydrogen-bond donors (Lipinski definition) is 1. The molecule has 0 aromatic carbocycles. The molecule has 1 amide bonds. The molecule has 0 aliphatic carbocycles. The van der Waals surface area contributed by atoms with E-state index < -0.39 is 6.10 Å². The second kappa shape index (κ2) is 4.63. The number of rotatable bonds is 4. The Bertz CT molecular complexity index is 377. The number of nitrogens with zero attached hydrogens (tertiary/aromatic N) is 3. The van der Waals surface area contributed by atoms with Crippen molar-refractivity contribution >= 4 is 11.6 Å². The van der Waals surface area contributed by atoms with E-state index in [2.05, 4.69) is 5.10 Å². The Morgan fingerprint density at radius 2 is 2.50 bits per heavy atom. The monoisotopic (exact) mass is 225 g/mol. The maximum atomic E-state index is 11.5. The fourth-order valence-corrected chi connectivity index (χ4v) is 1.74. The standard InChI is InChI=1S/C10H15N3O3/c1-16-3-2-12-6-8(5-11-12)13-7-9(14)4-10(13)15/h5-6,9,14H,2-4,7H2,1H3. The van der Waals surface area contributed by atoms with Crippen LogP contribution >= 0.6 is 0 Å². The van der Waals surface area contributed by atoms with E-state index >= 15 is 0 Å². The highest BCUT2D eigenvalue weighted by atomic mass is 16.5. The molecule has 2 heterocycles. The van der Waals surface area contributed by atoms with Crippen LogP contribution in [0, 0.1) is 0 Å². The van der Waals surface area contributed by atoms with Crippen LogP contribution < -0.4 is 4.90 Å². The number of aromatic nitrogens is 2. The minimum atomic E-state index is -0.560. The van der Waals surface area contributed by atoms with E-state index in [1.54, 1.807) is 29.1 Å². The normalized spacial score (nSPS) is 20.8. The summed E-state index contributed by atoms with van der Waals surface area (Å²) in [7, 11) is 1.63. The van der Waals surface area contributed by atoms with Crippen LogP contribution in [0.4, 0.5) is 5.69 Å². The van der Waals surface area contributed by atoms with Crippen molar-refractivity contribution in [2.45, 2.75) is 19.1 Å². The number of carbonyl (C=O) groups excluding carboxylic acids is 1. The summed E-state index contributed by atoms with van der Waals surface area (Å²) >= 11 is 0. The number of aliphatic hydroxyl groups is 1. The summed E-state index contributed by atoms with van der Waals surface area (Å²) in [6.07, 6.45) is 3.05. The lowest BCUT2D eigenvalue weighted by Crippen LogP contribution is -2.24. The van der Waals surface area contributed by atoms with E-state index in [1.165, 1.54) is 0 Å². The molecule has 0 radical (unpaired) electrons. The average Bonchev–Trinajstić information content (AvgIpc) is 2.82. The first-order valence-corrected chi connectivity index (χ1v) is 5.20. The van der Waals surface area contributed by atoms with Gasteiger partial charge in [-0.05, 0) is 0 Å². The van der Waals surface area contributed by atoms with Gasteiger partial charge in [0.25, 0.3) is 0 Å². The summed E-state index contributed by atoms with van der Waals surface area (Å²) in [5.41, 5.74) is 0.734. The van der Waals surface area contributed by atoms with Crippen LogP contribution in [-0.4, -0.2) is 47.2 Å². The topological polar surface area (TPSA) is 67.6 Å². The van der Waals surface area contributed by atoms with Crippen molar-refractivity contribution in [2.75, 3.05) is 25.2 Å². The number of aliphatic hydroxyl groups excluding tert-OH is 1. The molecule has 1 aromatic heterocycles. The molecule has 1 aliphatic heterocycles. The number of β-amino-alcohol motifs (C(OH)–C–C–N with tert-alkyl or cyclic N) is 1. The molecular formula is C10H15N3O3. The van der Waals surface area contributed by atoms with Gasteiger partial charge in [0.1, 0.15) is 0 Å². The van der Waals surface area contributed by atoms with Gasteiger partial charge in [0, 0.05) is 13.3 Å². The molecule has 1 aromatic rings. The number of ether oxygens (including phenoxy) is 1. The van der Waals surface area contributed by atoms with Gasteiger partial charge in [0.15, 0.2) is 0 Å². The first-order chi connectivity index (χ1) is 7.70. The number of carbonyl (C=O) groups is 1. The Morgan fingerprint density at radius 1 is 1.69 bits per heavy atom. The molecule has 1 aliphatic rings. The van der Waals surface area contributed by atoms with Crippen molar-refractivity contribution in [3.8, 4) is 0 Å². The lowest BCUT2D eigenvalue weighted by molar-refractivity contribution is -0.117. The molecule has 6 nitrogen and oxygen atoms in total. The van der Waals surface area contributed by atoms with E-state index in [-0.39, 0.29) is 12.3 Å². The maximum Gasteiger partial charge on any atom is 0.229 e. The third kappa shape index (κ3) is 2.23. The van der Waals surface area contributed by atoms with Crippen molar-refractivity contribution in [1.29, 1.82) is 0 Å². The zero-order valence-electron chi connectivity index (χ0n) is 9.17. The summed E-state index contributed by atoms with van der Waals surface area (Å²) in [6, 6.07) is 0. The van der Waals surface area contributed by atoms with Crippen molar-refractivity contribution < 1.29 is 14.6 Å². The third-order valence-corrected chi connectivity index (χ3v) is 2.56. The van der Waals surface area contributed by atoms with Crippen LogP contribution in [0.3, 0.4) is 0 Å². The van der Waals surface area contributed by atoms with Crippen LogP contribution in [0.5, 0.6) is 0 Å². The summed E-state index contributed by atoms with van der Waals surface area (Å²) in [5.74, 6) is -0.0567. The molecule has 1 N–H and O–H groups in total. The molecule has 2 rings (SSSR count). The fraction of sp³-hybridized carbons (Fsp3) is 0.600. The Balaban J connectivity index is 2.04. The lowest BCUT2D eigenvalue weighted by atomic mass is 10.3. The minimum Gasteiger partial charge on any atom is -0.391 e. The second-order valence-electron chi connectivity index (χ2n) is 3.82. The molecule has 1 fully saturated rings. The van der Waals surface area contributed by atoms with Crippen molar-refractivity contribution in [1.82, 2.24) is 9.78 Å². The van der Waals surface area contributed by atoms with Crippen LogP contribution in [0.25, 0.3) is 0 Å². The van der Waals surface area contributed by atoms with Crippen molar-refractivity contribution in [3.05, 3.63) is 12.4 Å². The van der Waals surface area contributed by atoms with Gasteiger partial charge in [-0.3, -0.25) is 9.48 Å². The van der Waals surface area contributed by atoms with Gasteiger partial charge in [-0.15, -0.1) is 0 Å². The van der Waals surface area contributed by atoms with Crippen molar-refractivity contribution in [2.24, 2.45) is 0 Å². The number of amides is 1. The molecule has 16 heavy (non-hydrogen) atoms. The molecule has 88 valence electrons. The Morgan fingerprint density at radius 3 is 3.12 bits per heavy atom. The molecular weight excluding hydrogens is 210 g/mol. The molecule has 1 atom stereocenters. The van der Waals surface area contributed by atoms with Gasteiger partial charge < -0.3 is 14.7 Å². The van der Waals surface area contributed by atoms with Gasteiger partial charge in [-0.1, -0.05) is 0 Å². The van der Waals surface area contributed by atoms with E-state index in [0.717, 1.165) is 5.69 Å². The van der Waals surface area contributed by atoms with E-state index in [0.29, 0.717) is 19.7 Å². The van der Waals surface area contributed by atoms with Gasteiger partial charge in [0.05, 0.1) is 44.1 Å². The maximum absolute atomic E-state index is 11.5. The predicted octanol–water partition coefficient (Wildman–Crippen LogP) is -0.373. The molecule has 0 spiro atoms. The van der Waals surface area contributed by atoms with E-state index in [9.17, 15) is 9.90 Å². The molecule has 0 bridgehead atoms. The minimum absolute atomic E-state index is 0.0567. The molecule has 0 saturated carbocycles. The lowest BCUT2D eigenvalue weighted by Gasteiger charge is -2.12. The quantitative estimate of drug-likeness (QED) is 0.759. The van der Waals surface area contributed by atoms with Crippen molar-refractivity contribution in [3.63, 3.8) is 0 Å². The van der Waals surface area contributed by atoms with Gasteiger partial charge >= 0.3 is 0 Å². The molecule has 1 unspecified atom stereocenters. The SMILES string of the molecule is COCCn1cc(N2CC(O)CC2=O)cn1.